The second kappa shape index (κ2) is 6.59. The van der Waals surface area contributed by atoms with Crippen molar-refractivity contribution >= 4 is 23.3 Å². The molecule has 0 saturated heterocycles. The lowest BCUT2D eigenvalue weighted by Crippen LogP contribution is -2.07. The molecule has 0 amide bonds. The molecular weight excluding hydrogens is 293 g/mol. The normalized spacial score (nSPS) is 12.0. The summed E-state index contributed by atoms with van der Waals surface area (Å²) in [7, 11) is 0. The van der Waals surface area contributed by atoms with E-state index in [1.165, 1.54) is 18.2 Å². The molecule has 1 unspecified atom stereocenters. The predicted molar refractivity (Wildman–Crippen MR) is 81.2 cm³/mol. The van der Waals surface area contributed by atoms with E-state index in [9.17, 15) is 9.18 Å². The molecule has 0 bridgehead atoms. The summed E-state index contributed by atoms with van der Waals surface area (Å²) in [6.45, 7) is 2.12. The summed E-state index contributed by atoms with van der Waals surface area (Å²) in [5, 5.41) is 12.5. The number of hydrogen-bond acceptors (Lipinski definition) is 2. The number of carbonyl (C=O) groups is 1. The molecule has 0 aromatic heterocycles. The van der Waals surface area contributed by atoms with Crippen molar-refractivity contribution in [1.82, 2.24) is 0 Å². The van der Waals surface area contributed by atoms with Crippen molar-refractivity contribution in [3.05, 3.63) is 64.4 Å². The van der Waals surface area contributed by atoms with E-state index in [2.05, 4.69) is 5.32 Å². The zero-order valence-corrected chi connectivity index (χ0v) is 12.2. The molecule has 2 aromatic rings. The van der Waals surface area contributed by atoms with Crippen LogP contribution in [0.5, 0.6) is 0 Å². The molecule has 0 radical (unpaired) electrons. The number of hydrogen-bond donors (Lipinski definition) is 2. The van der Waals surface area contributed by atoms with Crippen LogP contribution in [0.2, 0.25) is 5.02 Å². The second-order valence-electron chi connectivity index (χ2n) is 4.78. The molecule has 0 fully saturated rings. The first-order valence-corrected chi connectivity index (χ1v) is 6.85. The molecule has 2 N–H and O–H groups in total. The average molecular weight is 308 g/mol. The highest BCUT2D eigenvalue weighted by Gasteiger charge is 2.12. The van der Waals surface area contributed by atoms with Crippen LogP contribution in [-0.4, -0.2) is 11.1 Å². The smallest absolute Gasteiger partial charge is 0.310 e. The number of benzene rings is 2. The molecule has 0 aliphatic heterocycles. The second-order valence-corrected chi connectivity index (χ2v) is 5.19. The Morgan fingerprint density at radius 1 is 1.29 bits per heavy atom. The summed E-state index contributed by atoms with van der Waals surface area (Å²) in [5.74, 6) is -1.75. The van der Waals surface area contributed by atoms with E-state index in [0.29, 0.717) is 17.3 Å². The zero-order valence-electron chi connectivity index (χ0n) is 11.4. The van der Waals surface area contributed by atoms with Gasteiger partial charge in [-0.15, -0.1) is 0 Å². The van der Waals surface area contributed by atoms with Gasteiger partial charge in [-0.2, -0.15) is 0 Å². The van der Waals surface area contributed by atoms with Gasteiger partial charge < -0.3 is 10.4 Å². The van der Waals surface area contributed by atoms with Crippen LogP contribution in [0.15, 0.2) is 42.5 Å². The standard InChI is InChI=1S/C16H15ClFNO2/c1-10(16(20)21)12-4-2-11(3-5-12)9-19-15-8-13(18)6-7-14(15)17/h2-8,10,19H,9H2,1H3,(H,20,21). The minimum absolute atomic E-state index is 0.354. The molecule has 0 heterocycles. The van der Waals surface area contributed by atoms with Gasteiger partial charge in [0.2, 0.25) is 0 Å². The van der Waals surface area contributed by atoms with Crippen LogP contribution in [-0.2, 0) is 11.3 Å². The molecule has 2 rings (SSSR count). The van der Waals surface area contributed by atoms with Crippen LogP contribution < -0.4 is 5.32 Å². The van der Waals surface area contributed by atoms with Crippen molar-refractivity contribution in [2.24, 2.45) is 0 Å². The predicted octanol–water partition coefficient (Wildman–Crippen LogP) is 4.28. The highest BCUT2D eigenvalue weighted by Crippen LogP contribution is 2.23. The van der Waals surface area contributed by atoms with Gasteiger partial charge in [-0.3, -0.25) is 4.79 Å². The van der Waals surface area contributed by atoms with Gasteiger partial charge in [0.05, 0.1) is 16.6 Å². The third-order valence-corrected chi connectivity index (χ3v) is 3.59. The zero-order chi connectivity index (χ0) is 15.4. The first kappa shape index (κ1) is 15.3. The van der Waals surface area contributed by atoms with Gasteiger partial charge in [0.15, 0.2) is 0 Å². The molecule has 0 aliphatic rings. The maximum Gasteiger partial charge on any atom is 0.310 e. The molecule has 5 heteroatoms. The summed E-state index contributed by atoms with van der Waals surface area (Å²) in [4.78, 5) is 10.9. The Labute approximate surface area is 127 Å². The first-order valence-electron chi connectivity index (χ1n) is 6.48. The Hall–Kier alpha value is -2.07. The van der Waals surface area contributed by atoms with E-state index in [1.807, 2.05) is 12.1 Å². The van der Waals surface area contributed by atoms with Crippen molar-refractivity contribution in [3.8, 4) is 0 Å². The molecule has 1 atom stereocenters. The van der Waals surface area contributed by atoms with E-state index in [4.69, 9.17) is 16.7 Å². The minimum Gasteiger partial charge on any atom is -0.481 e. The fourth-order valence-corrected chi connectivity index (χ4v) is 2.08. The molecule has 0 spiro atoms. The van der Waals surface area contributed by atoms with Gasteiger partial charge in [-0.25, -0.2) is 4.39 Å². The Balaban J connectivity index is 2.04. The molecule has 0 saturated carbocycles. The molecule has 2 aromatic carbocycles. The van der Waals surface area contributed by atoms with E-state index >= 15 is 0 Å². The van der Waals surface area contributed by atoms with Gasteiger partial charge in [0.25, 0.3) is 0 Å². The van der Waals surface area contributed by atoms with Gasteiger partial charge in [0.1, 0.15) is 5.82 Å². The summed E-state index contributed by atoms with van der Waals surface area (Å²) in [5.41, 5.74) is 2.23. The maximum absolute atomic E-state index is 13.1. The first-order chi connectivity index (χ1) is 9.97. The third-order valence-electron chi connectivity index (χ3n) is 3.26. The van der Waals surface area contributed by atoms with E-state index in [-0.39, 0.29) is 5.82 Å². The SMILES string of the molecule is CC(C(=O)O)c1ccc(CNc2cc(F)ccc2Cl)cc1. The molecule has 110 valence electrons. The summed E-state index contributed by atoms with van der Waals surface area (Å²) < 4.78 is 13.1. The van der Waals surface area contributed by atoms with Crippen molar-refractivity contribution in [1.29, 1.82) is 0 Å². The number of carboxylic acid groups (broad SMARTS) is 1. The minimum atomic E-state index is -0.854. The van der Waals surface area contributed by atoms with Crippen LogP contribution in [0.4, 0.5) is 10.1 Å². The lowest BCUT2D eigenvalue weighted by atomic mass is 10.00. The average Bonchev–Trinajstić information content (AvgIpc) is 2.48. The van der Waals surface area contributed by atoms with Gasteiger partial charge in [-0.1, -0.05) is 35.9 Å². The van der Waals surface area contributed by atoms with Gasteiger partial charge in [0, 0.05) is 6.54 Å². The van der Waals surface area contributed by atoms with Crippen molar-refractivity contribution in [2.45, 2.75) is 19.4 Å². The van der Waals surface area contributed by atoms with Crippen LogP contribution in [0.3, 0.4) is 0 Å². The number of rotatable bonds is 5. The molecular formula is C16H15ClFNO2. The largest absolute Gasteiger partial charge is 0.481 e. The fraction of sp³-hybridized carbons (Fsp3) is 0.188. The highest BCUT2D eigenvalue weighted by atomic mass is 35.5. The van der Waals surface area contributed by atoms with Crippen LogP contribution in [0.25, 0.3) is 0 Å². The highest BCUT2D eigenvalue weighted by molar-refractivity contribution is 6.33. The molecule has 0 aliphatic carbocycles. The third kappa shape index (κ3) is 3.95. The lowest BCUT2D eigenvalue weighted by molar-refractivity contribution is -0.138. The Kier molecular flexibility index (Phi) is 4.81. The van der Waals surface area contributed by atoms with Crippen LogP contribution >= 0.6 is 11.6 Å². The van der Waals surface area contributed by atoms with E-state index in [0.717, 1.165) is 11.1 Å². The van der Waals surface area contributed by atoms with Crippen LogP contribution in [0, 0.1) is 5.82 Å². The molecule has 21 heavy (non-hydrogen) atoms. The number of nitrogens with one attached hydrogen (secondary N) is 1. The Bertz CT molecular complexity index is 643. The lowest BCUT2D eigenvalue weighted by Gasteiger charge is -2.10. The summed E-state index contributed by atoms with van der Waals surface area (Å²) in [6.07, 6.45) is 0. The van der Waals surface area contributed by atoms with Crippen molar-refractivity contribution in [3.63, 3.8) is 0 Å². The monoisotopic (exact) mass is 307 g/mol. The summed E-state index contributed by atoms with van der Waals surface area (Å²) >= 11 is 5.97. The number of carboxylic acids is 1. The Morgan fingerprint density at radius 2 is 1.95 bits per heavy atom. The maximum atomic E-state index is 13.1. The Morgan fingerprint density at radius 3 is 2.57 bits per heavy atom. The van der Waals surface area contributed by atoms with Crippen LogP contribution in [0.1, 0.15) is 24.0 Å². The van der Waals surface area contributed by atoms with Crippen molar-refractivity contribution in [2.75, 3.05) is 5.32 Å². The number of anilines is 1. The van der Waals surface area contributed by atoms with E-state index in [1.54, 1.807) is 19.1 Å². The summed E-state index contributed by atoms with van der Waals surface area (Å²) in [6, 6.07) is 11.4. The topological polar surface area (TPSA) is 49.3 Å². The quantitative estimate of drug-likeness (QED) is 0.867. The van der Waals surface area contributed by atoms with E-state index < -0.39 is 11.9 Å². The molecule has 3 nitrogen and oxygen atoms in total. The van der Waals surface area contributed by atoms with Crippen molar-refractivity contribution < 1.29 is 14.3 Å². The van der Waals surface area contributed by atoms with Gasteiger partial charge in [-0.05, 0) is 36.2 Å². The van der Waals surface area contributed by atoms with Gasteiger partial charge >= 0.3 is 5.97 Å². The number of aliphatic carboxylic acids is 1. The fourth-order valence-electron chi connectivity index (χ4n) is 1.90. The number of halogens is 2.